The molecule has 1 aromatic heterocycles. The molecule has 3 rings (SSSR count). The lowest BCUT2D eigenvalue weighted by atomic mass is 10.2. The van der Waals surface area contributed by atoms with Gasteiger partial charge >= 0.3 is 0 Å². The van der Waals surface area contributed by atoms with Crippen molar-refractivity contribution in [1.82, 2.24) is 10.5 Å². The van der Waals surface area contributed by atoms with E-state index in [1.165, 1.54) is 28.6 Å². The number of halogens is 2. The van der Waals surface area contributed by atoms with E-state index >= 15 is 0 Å². The Morgan fingerprint density at radius 2 is 1.90 bits per heavy atom. The number of sulfonamides is 1. The molecule has 0 saturated carbocycles. The van der Waals surface area contributed by atoms with Crippen LogP contribution in [0.4, 0.5) is 5.69 Å². The molecule has 0 bridgehead atoms. The van der Waals surface area contributed by atoms with Gasteiger partial charge in [0.05, 0.1) is 40.0 Å². The van der Waals surface area contributed by atoms with Crippen LogP contribution >= 0.6 is 23.2 Å². The minimum absolute atomic E-state index is 0.0219. The maximum absolute atomic E-state index is 13.3. The molecule has 0 fully saturated rings. The standard InChI is InChI=1S/C21H19Cl2N3O4S/c1-3-10-26(16-6-4-15(22)5-7-16)31(28,29)18-8-9-20(23)19(12-18)21(27)24-13-17-11-14(2)25-30-17/h3-9,11-12H,1,10,13H2,2H3,(H,24,27). The fraction of sp³-hybridized carbons (Fsp3) is 0.143. The Morgan fingerprint density at radius 3 is 2.52 bits per heavy atom. The van der Waals surface area contributed by atoms with Crippen LogP contribution in [-0.4, -0.2) is 26.0 Å². The summed E-state index contributed by atoms with van der Waals surface area (Å²) in [6.07, 6.45) is 1.47. The first-order valence-electron chi connectivity index (χ1n) is 9.11. The van der Waals surface area contributed by atoms with Crippen molar-refractivity contribution in [3.05, 3.63) is 88.2 Å². The molecule has 10 heteroatoms. The molecule has 0 aliphatic rings. The fourth-order valence-corrected chi connectivity index (χ4v) is 4.59. The summed E-state index contributed by atoms with van der Waals surface area (Å²) in [5.41, 5.74) is 1.11. The lowest BCUT2D eigenvalue weighted by molar-refractivity contribution is 0.0947. The van der Waals surface area contributed by atoms with Crippen LogP contribution in [0.25, 0.3) is 0 Å². The topological polar surface area (TPSA) is 92.5 Å². The summed E-state index contributed by atoms with van der Waals surface area (Å²) in [6.45, 7) is 5.50. The number of carbonyl (C=O) groups is 1. The van der Waals surface area contributed by atoms with Gasteiger partial charge in [-0.3, -0.25) is 9.10 Å². The molecule has 1 amide bonds. The van der Waals surface area contributed by atoms with E-state index in [1.807, 2.05) is 0 Å². The molecule has 7 nitrogen and oxygen atoms in total. The third-order valence-electron chi connectivity index (χ3n) is 4.28. The quantitative estimate of drug-likeness (QED) is 0.476. The second kappa shape index (κ2) is 9.55. The van der Waals surface area contributed by atoms with Crippen LogP contribution in [-0.2, 0) is 16.6 Å². The Hall–Kier alpha value is -2.81. The summed E-state index contributed by atoms with van der Waals surface area (Å²) in [5, 5.41) is 6.99. The van der Waals surface area contributed by atoms with Gasteiger partial charge < -0.3 is 9.84 Å². The molecule has 31 heavy (non-hydrogen) atoms. The Labute approximate surface area is 190 Å². The van der Waals surface area contributed by atoms with Crippen molar-refractivity contribution in [2.45, 2.75) is 18.4 Å². The zero-order valence-electron chi connectivity index (χ0n) is 16.5. The highest BCUT2D eigenvalue weighted by Gasteiger charge is 2.26. The monoisotopic (exact) mass is 479 g/mol. The highest BCUT2D eigenvalue weighted by atomic mass is 35.5. The number of hydrogen-bond acceptors (Lipinski definition) is 5. The maximum Gasteiger partial charge on any atom is 0.264 e. The van der Waals surface area contributed by atoms with E-state index in [-0.39, 0.29) is 28.6 Å². The third kappa shape index (κ3) is 5.28. The fourth-order valence-electron chi connectivity index (χ4n) is 2.80. The van der Waals surface area contributed by atoms with Crippen LogP contribution in [0.1, 0.15) is 21.8 Å². The molecule has 0 radical (unpaired) electrons. The van der Waals surface area contributed by atoms with E-state index < -0.39 is 15.9 Å². The van der Waals surface area contributed by atoms with Crippen LogP contribution in [0, 0.1) is 6.92 Å². The van der Waals surface area contributed by atoms with Crippen molar-refractivity contribution in [2.24, 2.45) is 0 Å². The van der Waals surface area contributed by atoms with Crippen LogP contribution in [0.5, 0.6) is 0 Å². The van der Waals surface area contributed by atoms with Crippen LogP contribution in [0.2, 0.25) is 10.0 Å². The largest absolute Gasteiger partial charge is 0.359 e. The van der Waals surface area contributed by atoms with Gasteiger partial charge in [0.1, 0.15) is 0 Å². The van der Waals surface area contributed by atoms with Crippen molar-refractivity contribution >= 4 is 44.8 Å². The molecule has 0 atom stereocenters. The number of benzene rings is 2. The lowest BCUT2D eigenvalue weighted by Gasteiger charge is -2.23. The van der Waals surface area contributed by atoms with Gasteiger partial charge in [-0.05, 0) is 49.4 Å². The Bertz CT molecular complexity index is 1210. The molecule has 0 spiro atoms. The molecular formula is C21H19Cl2N3O4S. The van der Waals surface area contributed by atoms with Crippen LogP contribution in [0.3, 0.4) is 0 Å². The molecule has 162 valence electrons. The van der Waals surface area contributed by atoms with Crippen LogP contribution < -0.4 is 9.62 Å². The molecule has 0 unspecified atom stereocenters. The number of rotatable bonds is 8. The van der Waals surface area contributed by atoms with E-state index in [1.54, 1.807) is 37.3 Å². The van der Waals surface area contributed by atoms with Crippen LogP contribution in [0.15, 0.2) is 70.6 Å². The summed E-state index contributed by atoms with van der Waals surface area (Å²) < 4.78 is 32.9. The zero-order chi connectivity index (χ0) is 22.6. The van der Waals surface area contributed by atoms with Crippen molar-refractivity contribution in [1.29, 1.82) is 0 Å². The smallest absolute Gasteiger partial charge is 0.264 e. The van der Waals surface area contributed by atoms with E-state index in [4.69, 9.17) is 27.7 Å². The van der Waals surface area contributed by atoms with Gasteiger partial charge in [-0.1, -0.05) is 34.4 Å². The minimum atomic E-state index is -4.01. The molecule has 0 aliphatic heterocycles. The van der Waals surface area contributed by atoms with E-state index in [2.05, 4.69) is 17.1 Å². The highest BCUT2D eigenvalue weighted by molar-refractivity contribution is 7.92. The minimum Gasteiger partial charge on any atom is -0.359 e. The van der Waals surface area contributed by atoms with E-state index in [0.29, 0.717) is 22.2 Å². The SMILES string of the molecule is C=CCN(c1ccc(Cl)cc1)S(=O)(=O)c1ccc(Cl)c(C(=O)NCc2cc(C)no2)c1. The van der Waals surface area contributed by atoms with Gasteiger partial charge in [0.25, 0.3) is 15.9 Å². The average Bonchev–Trinajstić information content (AvgIpc) is 3.16. The van der Waals surface area contributed by atoms with Crippen molar-refractivity contribution in [3.8, 4) is 0 Å². The van der Waals surface area contributed by atoms with Crippen molar-refractivity contribution in [2.75, 3.05) is 10.8 Å². The Kier molecular flexibility index (Phi) is 7.04. The number of aromatic nitrogens is 1. The number of aryl methyl sites for hydroxylation is 1. The molecule has 1 N–H and O–H groups in total. The first-order valence-corrected chi connectivity index (χ1v) is 11.3. The van der Waals surface area contributed by atoms with Gasteiger partial charge in [0.2, 0.25) is 0 Å². The van der Waals surface area contributed by atoms with Gasteiger partial charge in [0, 0.05) is 11.1 Å². The number of nitrogens with one attached hydrogen (secondary N) is 1. The van der Waals surface area contributed by atoms with Gasteiger partial charge in [-0.25, -0.2) is 8.42 Å². The summed E-state index contributed by atoms with van der Waals surface area (Å²) in [5.74, 6) is -0.0801. The molecule has 0 aliphatic carbocycles. The third-order valence-corrected chi connectivity index (χ3v) is 6.65. The van der Waals surface area contributed by atoms with E-state index in [0.717, 1.165) is 0 Å². The Balaban J connectivity index is 1.91. The zero-order valence-corrected chi connectivity index (χ0v) is 18.8. The number of nitrogens with zero attached hydrogens (tertiary/aromatic N) is 2. The summed E-state index contributed by atoms with van der Waals surface area (Å²) >= 11 is 12.1. The first-order chi connectivity index (χ1) is 14.7. The van der Waals surface area contributed by atoms with Crippen molar-refractivity contribution < 1.29 is 17.7 Å². The number of carbonyl (C=O) groups excluding carboxylic acids is 1. The van der Waals surface area contributed by atoms with Crippen molar-refractivity contribution in [3.63, 3.8) is 0 Å². The first kappa shape index (κ1) is 22.9. The summed E-state index contributed by atoms with van der Waals surface area (Å²) in [4.78, 5) is 12.5. The molecule has 2 aromatic carbocycles. The molecule has 1 heterocycles. The second-order valence-electron chi connectivity index (χ2n) is 6.56. The second-order valence-corrected chi connectivity index (χ2v) is 9.27. The van der Waals surface area contributed by atoms with Gasteiger partial charge in [0.15, 0.2) is 5.76 Å². The average molecular weight is 480 g/mol. The number of anilines is 1. The predicted octanol–water partition coefficient (Wildman–Crippen LogP) is 4.60. The molecule has 0 saturated heterocycles. The number of amides is 1. The highest BCUT2D eigenvalue weighted by Crippen LogP contribution is 2.28. The normalized spacial score (nSPS) is 11.2. The maximum atomic E-state index is 13.3. The van der Waals surface area contributed by atoms with E-state index in [9.17, 15) is 13.2 Å². The molecular weight excluding hydrogens is 461 g/mol. The number of hydrogen-bond donors (Lipinski definition) is 1. The Morgan fingerprint density at radius 1 is 1.19 bits per heavy atom. The van der Waals surface area contributed by atoms with Gasteiger partial charge in [-0.2, -0.15) is 0 Å². The summed E-state index contributed by atoms with van der Waals surface area (Å²) in [6, 6.07) is 12.0. The summed E-state index contributed by atoms with van der Waals surface area (Å²) in [7, 11) is -4.01. The predicted molar refractivity (Wildman–Crippen MR) is 120 cm³/mol. The lowest BCUT2D eigenvalue weighted by Crippen LogP contribution is -2.31. The molecule has 3 aromatic rings. The van der Waals surface area contributed by atoms with Gasteiger partial charge in [-0.15, -0.1) is 6.58 Å².